The number of hydrogen-bond acceptors (Lipinski definition) is 2. The Morgan fingerprint density at radius 1 is 1.07 bits per heavy atom. The topological polar surface area (TPSA) is 30.2 Å². The summed E-state index contributed by atoms with van der Waals surface area (Å²) in [7, 11) is 0. The van der Waals surface area contributed by atoms with Gasteiger partial charge >= 0.3 is 0 Å². The first-order valence-corrected chi connectivity index (χ1v) is 4.43. The summed E-state index contributed by atoms with van der Waals surface area (Å²) in [6, 6.07) is 11.0. The van der Waals surface area contributed by atoms with E-state index in [9.17, 15) is 4.79 Å². The molecular formula is C12H10O2. The lowest BCUT2D eigenvalue weighted by molar-refractivity contribution is 0.560. The Bertz CT molecular complexity index is 483. The van der Waals surface area contributed by atoms with Gasteiger partial charge in [0.2, 0.25) is 0 Å². The summed E-state index contributed by atoms with van der Waals surface area (Å²) in [5.41, 5.74) is 1.59. The molecule has 70 valence electrons. The third-order valence-corrected chi connectivity index (χ3v) is 2.15. The van der Waals surface area contributed by atoms with Crippen LogP contribution in [0.15, 0.2) is 51.9 Å². The molecule has 14 heavy (non-hydrogen) atoms. The van der Waals surface area contributed by atoms with Gasteiger partial charge in [-0.05, 0) is 6.92 Å². The Labute approximate surface area is 81.8 Å². The molecule has 1 aromatic heterocycles. The highest BCUT2D eigenvalue weighted by atomic mass is 16.3. The Morgan fingerprint density at radius 2 is 1.79 bits per heavy atom. The maximum Gasteiger partial charge on any atom is 0.188 e. The fraction of sp³-hybridized carbons (Fsp3) is 0.0833. The summed E-state index contributed by atoms with van der Waals surface area (Å²) < 4.78 is 5.32. The molecule has 1 aromatic carbocycles. The Hall–Kier alpha value is -1.83. The maximum atomic E-state index is 11.4. The number of benzene rings is 1. The molecule has 0 saturated carbocycles. The largest absolute Gasteiger partial charge is 0.464 e. The van der Waals surface area contributed by atoms with Crippen molar-refractivity contribution in [2.75, 3.05) is 0 Å². The minimum atomic E-state index is 0.00935. The molecule has 0 aliphatic heterocycles. The lowest BCUT2D eigenvalue weighted by atomic mass is 10.1. The second kappa shape index (κ2) is 3.50. The summed E-state index contributed by atoms with van der Waals surface area (Å²) in [5, 5.41) is 0. The first kappa shape index (κ1) is 8.75. The predicted molar refractivity (Wildman–Crippen MR) is 55.2 cm³/mol. The van der Waals surface area contributed by atoms with Gasteiger partial charge in [0.1, 0.15) is 5.76 Å². The molecule has 0 amide bonds. The van der Waals surface area contributed by atoms with E-state index in [1.807, 2.05) is 30.3 Å². The molecule has 0 unspecified atom stereocenters. The van der Waals surface area contributed by atoms with Gasteiger partial charge in [0.15, 0.2) is 5.43 Å². The van der Waals surface area contributed by atoms with Crippen LogP contribution >= 0.6 is 0 Å². The minimum absolute atomic E-state index is 0.00935. The second-order valence-electron chi connectivity index (χ2n) is 3.11. The molecule has 1 heterocycles. The van der Waals surface area contributed by atoms with Crippen molar-refractivity contribution >= 4 is 0 Å². The molecular weight excluding hydrogens is 176 g/mol. The summed E-state index contributed by atoms with van der Waals surface area (Å²) in [4.78, 5) is 11.4. The summed E-state index contributed by atoms with van der Waals surface area (Å²) in [6.45, 7) is 1.77. The van der Waals surface area contributed by atoms with Gasteiger partial charge in [0.25, 0.3) is 0 Å². The van der Waals surface area contributed by atoms with E-state index in [1.165, 1.54) is 12.3 Å². The number of rotatable bonds is 1. The van der Waals surface area contributed by atoms with E-state index in [1.54, 1.807) is 6.92 Å². The van der Waals surface area contributed by atoms with E-state index in [4.69, 9.17) is 4.42 Å². The van der Waals surface area contributed by atoms with Crippen LogP contribution in [0, 0.1) is 6.92 Å². The highest BCUT2D eigenvalue weighted by Crippen LogP contribution is 2.19. The van der Waals surface area contributed by atoms with E-state index in [0.29, 0.717) is 11.3 Å². The molecule has 2 nitrogen and oxygen atoms in total. The van der Waals surface area contributed by atoms with Gasteiger partial charge in [-0.25, -0.2) is 0 Å². The van der Waals surface area contributed by atoms with Gasteiger partial charge in [-0.3, -0.25) is 4.79 Å². The van der Waals surface area contributed by atoms with Crippen LogP contribution < -0.4 is 5.43 Å². The first-order chi connectivity index (χ1) is 6.79. The smallest absolute Gasteiger partial charge is 0.188 e. The molecule has 0 spiro atoms. The summed E-state index contributed by atoms with van der Waals surface area (Å²) >= 11 is 0. The van der Waals surface area contributed by atoms with E-state index >= 15 is 0 Å². The second-order valence-corrected chi connectivity index (χ2v) is 3.11. The van der Waals surface area contributed by atoms with Crippen molar-refractivity contribution in [1.29, 1.82) is 0 Å². The molecule has 0 atom stereocenters. The molecule has 0 bridgehead atoms. The summed E-state index contributed by atoms with van der Waals surface area (Å²) in [5.74, 6) is 0.651. The molecule has 2 rings (SSSR count). The van der Waals surface area contributed by atoms with Crippen LogP contribution in [0.25, 0.3) is 11.3 Å². The Kier molecular flexibility index (Phi) is 2.19. The van der Waals surface area contributed by atoms with Gasteiger partial charge in [0.05, 0.1) is 6.26 Å². The zero-order valence-electron chi connectivity index (χ0n) is 7.86. The zero-order chi connectivity index (χ0) is 9.97. The molecule has 2 heteroatoms. The van der Waals surface area contributed by atoms with Crippen molar-refractivity contribution in [3.63, 3.8) is 0 Å². The molecule has 0 aliphatic carbocycles. The zero-order valence-corrected chi connectivity index (χ0v) is 7.86. The molecule has 0 N–H and O–H groups in total. The fourth-order valence-corrected chi connectivity index (χ4v) is 1.36. The van der Waals surface area contributed by atoms with Crippen molar-refractivity contribution in [3.05, 3.63) is 58.4 Å². The van der Waals surface area contributed by atoms with Crippen molar-refractivity contribution in [1.82, 2.24) is 0 Å². The van der Waals surface area contributed by atoms with Gasteiger partial charge in [0, 0.05) is 17.2 Å². The molecule has 0 saturated heterocycles. The van der Waals surface area contributed by atoms with E-state index < -0.39 is 0 Å². The SMILES string of the molecule is Cc1c(-c2ccccc2)occc1=O. The molecule has 0 fully saturated rings. The van der Waals surface area contributed by atoms with E-state index in [-0.39, 0.29) is 5.43 Å². The first-order valence-electron chi connectivity index (χ1n) is 4.43. The van der Waals surface area contributed by atoms with E-state index in [0.717, 1.165) is 5.56 Å². The lowest BCUT2D eigenvalue weighted by Gasteiger charge is -2.02. The van der Waals surface area contributed by atoms with Gasteiger partial charge in [-0.2, -0.15) is 0 Å². The van der Waals surface area contributed by atoms with Gasteiger partial charge in [-0.1, -0.05) is 30.3 Å². The molecule has 0 aliphatic rings. The Balaban J connectivity index is 2.64. The average molecular weight is 186 g/mol. The van der Waals surface area contributed by atoms with Gasteiger partial charge in [-0.15, -0.1) is 0 Å². The Morgan fingerprint density at radius 3 is 2.50 bits per heavy atom. The third kappa shape index (κ3) is 1.46. The van der Waals surface area contributed by atoms with Crippen LogP contribution in [-0.4, -0.2) is 0 Å². The van der Waals surface area contributed by atoms with E-state index in [2.05, 4.69) is 0 Å². The predicted octanol–water partition coefficient (Wildman–Crippen LogP) is 2.62. The van der Waals surface area contributed by atoms with Crippen molar-refractivity contribution in [2.24, 2.45) is 0 Å². The highest BCUT2D eigenvalue weighted by molar-refractivity contribution is 5.60. The average Bonchev–Trinajstić information content (AvgIpc) is 2.23. The van der Waals surface area contributed by atoms with Crippen LogP contribution in [-0.2, 0) is 0 Å². The van der Waals surface area contributed by atoms with Crippen LogP contribution in [0.1, 0.15) is 5.56 Å². The minimum Gasteiger partial charge on any atom is -0.464 e. The maximum absolute atomic E-state index is 11.4. The van der Waals surface area contributed by atoms with Crippen LogP contribution in [0.3, 0.4) is 0 Å². The van der Waals surface area contributed by atoms with Crippen LogP contribution in [0.5, 0.6) is 0 Å². The molecule has 2 aromatic rings. The normalized spacial score (nSPS) is 10.1. The monoisotopic (exact) mass is 186 g/mol. The van der Waals surface area contributed by atoms with Crippen molar-refractivity contribution < 1.29 is 4.42 Å². The van der Waals surface area contributed by atoms with Crippen LogP contribution in [0.4, 0.5) is 0 Å². The van der Waals surface area contributed by atoms with Gasteiger partial charge < -0.3 is 4.42 Å². The van der Waals surface area contributed by atoms with Crippen molar-refractivity contribution in [2.45, 2.75) is 6.92 Å². The highest BCUT2D eigenvalue weighted by Gasteiger charge is 2.05. The third-order valence-electron chi connectivity index (χ3n) is 2.15. The number of hydrogen-bond donors (Lipinski definition) is 0. The van der Waals surface area contributed by atoms with Crippen molar-refractivity contribution in [3.8, 4) is 11.3 Å². The lowest BCUT2D eigenvalue weighted by Crippen LogP contribution is -2.03. The van der Waals surface area contributed by atoms with Crippen LogP contribution in [0.2, 0.25) is 0 Å². The quantitative estimate of drug-likeness (QED) is 0.685. The fourth-order valence-electron chi connectivity index (χ4n) is 1.36. The molecule has 0 radical (unpaired) electrons. The summed E-state index contributed by atoms with van der Waals surface area (Å²) in [6.07, 6.45) is 1.43. The standard InChI is InChI=1S/C12H10O2/c1-9-11(13)7-8-14-12(9)10-5-3-2-4-6-10/h2-8H,1H3.